The van der Waals surface area contributed by atoms with Crippen LogP contribution in [0.1, 0.15) is 21.6 Å². The van der Waals surface area contributed by atoms with Gasteiger partial charge in [-0.2, -0.15) is 0 Å². The molecule has 1 aromatic carbocycles. The molecule has 2 heterocycles. The van der Waals surface area contributed by atoms with E-state index in [9.17, 15) is 14.4 Å². The van der Waals surface area contributed by atoms with E-state index >= 15 is 0 Å². The summed E-state index contributed by atoms with van der Waals surface area (Å²) in [6, 6.07) is 11.4. The van der Waals surface area contributed by atoms with Crippen molar-refractivity contribution in [2.45, 2.75) is 13.5 Å². The number of amides is 1. The largest absolute Gasteiger partial charge is 0.497 e. The van der Waals surface area contributed by atoms with Gasteiger partial charge in [-0.15, -0.1) is 0 Å². The average Bonchev–Trinajstić information content (AvgIpc) is 2.71. The standard InChI is InChI=1S/C20H19N3O5/c1-13-4-3-9-23-17(24)10-15(22-19(13)23)12-28-18(25)11-21-20(26)14-5-7-16(27-2)8-6-14/h3-10H,11-12H2,1-2H3,(H,21,26). The third kappa shape index (κ3) is 4.35. The van der Waals surface area contributed by atoms with Crippen molar-refractivity contribution in [1.29, 1.82) is 0 Å². The maximum atomic E-state index is 12.1. The number of esters is 1. The van der Waals surface area contributed by atoms with Gasteiger partial charge in [0.1, 0.15) is 24.5 Å². The molecule has 0 saturated heterocycles. The predicted octanol–water partition coefficient (Wildman–Crippen LogP) is 1.48. The van der Waals surface area contributed by atoms with Crippen LogP contribution in [-0.4, -0.2) is 34.9 Å². The number of aromatic nitrogens is 2. The van der Waals surface area contributed by atoms with Crippen LogP contribution in [-0.2, 0) is 16.1 Å². The zero-order valence-electron chi connectivity index (χ0n) is 15.5. The quantitative estimate of drug-likeness (QED) is 0.650. The van der Waals surface area contributed by atoms with Gasteiger partial charge in [-0.1, -0.05) is 6.07 Å². The summed E-state index contributed by atoms with van der Waals surface area (Å²) in [5.74, 6) is -0.407. The molecule has 0 radical (unpaired) electrons. The molecule has 0 fully saturated rings. The minimum atomic E-state index is -0.631. The normalized spacial score (nSPS) is 10.5. The second kappa shape index (κ2) is 8.34. The van der Waals surface area contributed by atoms with Crippen LogP contribution in [0.25, 0.3) is 5.65 Å². The lowest BCUT2D eigenvalue weighted by molar-refractivity contribution is -0.143. The fraction of sp³-hybridized carbons (Fsp3) is 0.200. The Balaban J connectivity index is 1.57. The molecule has 0 spiro atoms. The Labute approximate surface area is 160 Å². The molecule has 0 bridgehead atoms. The van der Waals surface area contributed by atoms with Crippen LogP contribution in [0.3, 0.4) is 0 Å². The molecule has 1 N–H and O–H groups in total. The van der Waals surface area contributed by atoms with E-state index < -0.39 is 11.9 Å². The zero-order chi connectivity index (χ0) is 20.1. The third-order valence-electron chi connectivity index (χ3n) is 4.07. The van der Waals surface area contributed by atoms with E-state index in [1.165, 1.54) is 17.6 Å². The molecule has 1 amide bonds. The fourth-order valence-corrected chi connectivity index (χ4v) is 2.59. The lowest BCUT2D eigenvalue weighted by atomic mass is 10.2. The first-order valence-corrected chi connectivity index (χ1v) is 8.53. The summed E-state index contributed by atoms with van der Waals surface area (Å²) in [7, 11) is 1.53. The lowest BCUT2D eigenvalue weighted by Gasteiger charge is -2.08. The van der Waals surface area contributed by atoms with Gasteiger partial charge in [0, 0.05) is 17.8 Å². The summed E-state index contributed by atoms with van der Waals surface area (Å²) >= 11 is 0. The van der Waals surface area contributed by atoms with Crippen molar-refractivity contribution >= 4 is 17.5 Å². The number of carbonyl (C=O) groups excluding carboxylic acids is 2. The van der Waals surface area contributed by atoms with Gasteiger partial charge in [0.2, 0.25) is 0 Å². The van der Waals surface area contributed by atoms with Gasteiger partial charge < -0.3 is 14.8 Å². The number of methoxy groups -OCH3 is 1. The second-order valence-corrected chi connectivity index (χ2v) is 6.04. The van der Waals surface area contributed by atoms with E-state index in [0.29, 0.717) is 22.7 Å². The topological polar surface area (TPSA) is 99.0 Å². The lowest BCUT2D eigenvalue weighted by Crippen LogP contribution is -2.30. The summed E-state index contributed by atoms with van der Waals surface area (Å²) in [4.78, 5) is 40.4. The molecule has 0 unspecified atom stereocenters. The second-order valence-electron chi connectivity index (χ2n) is 6.04. The van der Waals surface area contributed by atoms with Crippen LogP contribution in [0.2, 0.25) is 0 Å². The molecule has 3 rings (SSSR count). The Morgan fingerprint density at radius 2 is 1.93 bits per heavy atom. The Hall–Kier alpha value is -3.68. The summed E-state index contributed by atoms with van der Waals surface area (Å²) in [5, 5.41) is 2.48. The summed E-state index contributed by atoms with van der Waals surface area (Å²) in [6.45, 7) is 1.39. The Morgan fingerprint density at radius 1 is 1.18 bits per heavy atom. The number of hydrogen-bond donors (Lipinski definition) is 1. The van der Waals surface area contributed by atoms with Gasteiger partial charge in [0.25, 0.3) is 11.5 Å². The van der Waals surface area contributed by atoms with Crippen LogP contribution < -0.4 is 15.6 Å². The highest BCUT2D eigenvalue weighted by atomic mass is 16.5. The highest BCUT2D eigenvalue weighted by Gasteiger charge is 2.11. The highest BCUT2D eigenvalue weighted by Crippen LogP contribution is 2.11. The molecule has 2 aromatic heterocycles. The van der Waals surface area contributed by atoms with Crippen LogP contribution in [0.4, 0.5) is 0 Å². The number of pyridine rings is 1. The highest BCUT2D eigenvalue weighted by molar-refractivity contribution is 5.96. The van der Waals surface area contributed by atoms with E-state index in [-0.39, 0.29) is 18.7 Å². The SMILES string of the molecule is COc1ccc(C(=O)NCC(=O)OCc2cc(=O)n3cccc(C)c3n2)cc1. The van der Waals surface area contributed by atoms with Gasteiger partial charge >= 0.3 is 5.97 Å². The fourth-order valence-electron chi connectivity index (χ4n) is 2.59. The van der Waals surface area contributed by atoms with Crippen LogP contribution >= 0.6 is 0 Å². The number of benzene rings is 1. The molecule has 0 aliphatic rings. The number of ether oxygens (including phenoxy) is 2. The molecule has 0 saturated carbocycles. The molecule has 28 heavy (non-hydrogen) atoms. The molecule has 0 aliphatic carbocycles. The number of rotatable bonds is 6. The summed E-state index contributed by atoms with van der Waals surface area (Å²) in [6.07, 6.45) is 1.63. The third-order valence-corrected chi connectivity index (χ3v) is 4.07. The van der Waals surface area contributed by atoms with Gasteiger partial charge in [-0.25, -0.2) is 4.98 Å². The number of nitrogens with zero attached hydrogens (tertiary/aromatic N) is 2. The molecular formula is C20H19N3O5. The first kappa shape index (κ1) is 19.1. The van der Waals surface area contributed by atoms with E-state index in [1.54, 1.807) is 36.5 Å². The number of fused-ring (bicyclic) bond motifs is 1. The molecular weight excluding hydrogens is 362 g/mol. The van der Waals surface area contributed by atoms with Gasteiger partial charge in [0.15, 0.2) is 0 Å². The smallest absolute Gasteiger partial charge is 0.325 e. The Kier molecular flexibility index (Phi) is 5.69. The minimum Gasteiger partial charge on any atom is -0.497 e. The Morgan fingerprint density at radius 3 is 2.64 bits per heavy atom. The van der Waals surface area contributed by atoms with E-state index in [0.717, 1.165) is 5.56 Å². The van der Waals surface area contributed by atoms with Crippen molar-refractivity contribution in [2.75, 3.05) is 13.7 Å². The predicted molar refractivity (Wildman–Crippen MR) is 101 cm³/mol. The van der Waals surface area contributed by atoms with Crippen molar-refractivity contribution in [1.82, 2.24) is 14.7 Å². The maximum Gasteiger partial charge on any atom is 0.325 e. The average molecular weight is 381 g/mol. The van der Waals surface area contributed by atoms with Crippen molar-refractivity contribution in [2.24, 2.45) is 0 Å². The number of nitrogens with one attached hydrogen (secondary N) is 1. The van der Waals surface area contributed by atoms with Gasteiger partial charge in [-0.3, -0.25) is 18.8 Å². The minimum absolute atomic E-state index is 0.155. The van der Waals surface area contributed by atoms with E-state index in [1.807, 2.05) is 13.0 Å². The molecule has 8 heteroatoms. The van der Waals surface area contributed by atoms with Crippen LogP contribution in [0.5, 0.6) is 5.75 Å². The van der Waals surface area contributed by atoms with Crippen molar-refractivity contribution in [3.63, 3.8) is 0 Å². The van der Waals surface area contributed by atoms with Crippen molar-refractivity contribution in [3.8, 4) is 5.75 Å². The molecule has 0 aliphatic heterocycles. The van der Waals surface area contributed by atoms with Gasteiger partial charge in [-0.05, 0) is 42.8 Å². The maximum absolute atomic E-state index is 12.1. The zero-order valence-corrected chi connectivity index (χ0v) is 15.5. The number of carbonyl (C=O) groups is 2. The van der Waals surface area contributed by atoms with Gasteiger partial charge in [0.05, 0.1) is 12.8 Å². The molecule has 0 atom stereocenters. The summed E-state index contributed by atoms with van der Waals surface area (Å²) in [5.41, 5.74) is 1.82. The first-order valence-electron chi connectivity index (χ1n) is 8.53. The molecule has 8 nitrogen and oxygen atoms in total. The number of hydrogen-bond acceptors (Lipinski definition) is 6. The van der Waals surface area contributed by atoms with Crippen LogP contribution in [0, 0.1) is 6.92 Å². The summed E-state index contributed by atoms with van der Waals surface area (Å²) < 4.78 is 11.6. The Bertz CT molecular complexity index is 1070. The molecule has 3 aromatic rings. The molecule has 144 valence electrons. The van der Waals surface area contributed by atoms with E-state index in [2.05, 4.69) is 10.3 Å². The first-order chi connectivity index (χ1) is 13.5. The van der Waals surface area contributed by atoms with Crippen molar-refractivity contribution in [3.05, 3.63) is 75.8 Å². The number of aryl methyl sites for hydroxylation is 1. The van der Waals surface area contributed by atoms with Crippen molar-refractivity contribution < 1.29 is 19.1 Å². The van der Waals surface area contributed by atoms with E-state index in [4.69, 9.17) is 9.47 Å². The van der Waals surface area contributed by atoms with Crippen LogP contribution in [0.15, 0.2) is 53.5 Å². The monoisotopic (exact) mass is 381 g/mol.